The van der Waals surface area contributed by atoms with E-state index in [1.165, 1.54) is 18.2 Å². The monoisotopic (exact) mass is 271 g/mol. The molecule has 5 nitrogen and oxygen atoms in total. The summed E-state index contributed by atoms with van der Waals surface area (Å²) in [4.78, 5) is 15.6. The van der Waals surface area contributed by atoms with Crippen molar-refractivity contribution in [1.29, 1.82) is 0 Å². The lowest BCUT2D eigenvalue weighted by Gasteiger charge is -2.01. The number of halogens is 2. The molecule has 2 rings (SSSR count). The number of nitrogens with zero attached hydrogens (tertiary/aromatic N) is 2. The van der Waals surface area contributed by atoms with Gasteiger partial charge in [-0.3, -0.25) is 10.1 Å². The number of anilines is 1. The maximum atomic E-state index is 11.8. The molecule has 0 unspecified atom stereocenters. The Morgan fingerprint density at radius 2 is 1.94 bits per heavy atom. The summed E-state index contributed by atoms with van der Waals surface area (Å²) in [7, 11) is 0. The maximum absolute atomic E-state index is 11.8. The van der Waals surface area contributed by atoms with Crippen LogP contribution in [0.15, 0.2) is 22.7 Å². The van der Waals surface area contributed by atoms with Crippen molar-refractivity contribution in [1.82, 2.24) is 10.1 Å². The van der Waals surface area contributed by atoms with Gasteiger partial charge in [-0.25, -0.2) is 0 Å². The number of hydrogen-bond acceptors (Lipinski definition) is 4. The van der Waals surface area contributed by atoms with Gasteiger partial charge in [-0.1, -0.05) is 28.4 Å². The van der Waals surface area contributed by atoms with Crippen LogP contribution >= 0.6 is 23.2 Å². The van der Waals surface area contributed by atoms with E-state index in [1.807, 2.05) is 0 Å². The Hall–Kier alpha value is -1.59. The van der Waals surface area contributed by atoms with Crippen molar-refractivity contribution >= 4 is 35.1 Å². The predicted molar refractivity (Wildman–Crippen MR) is 63.5 cm³/mol. The molecule has 0 spiro atoms. The van der Waals surface area contributed by atoms with Crippen molar-refractivity contribution < 1.29 is 9.32 Å². The number of hydrogen-bond donors (Lipinski definition) is 1. The topological polar surface area (TPSA) is 68.0 Å². The molecule has 0 aliphatic carbocycles. The minimum absolute atomic E-state index is 0.0311. The van der Waals surface area contributed by atoms with E-state index in [1.54, 1.807) is 6.92 Å². The van der Waals surface area contributed by atoms with Crippen LogP contribution in [0.5, 0.6) is 0 Å². The number of aromatic nitrogens is 2. The first-order valence-electron chi connectivity index (χ1n) is 4.62. The van der Waals surface area contributed by atoms with Crippen molar-refractivity contribution in [2.75, 3.05) is 5.32 Å². The molecule has 17 heavy (non-hydrogen) atoms. The standard InChI is InChI=1S/C10H7Cl2N3O2/c1-5-13-10(17-15-5)14-9(16)6-2-7(11)4-8(12)3-6/h2-4H,1H3,(H,13,14,15,16). The summed E-state index contributed by atoms with van der Waals surface area (Å²) in [5, 5.41) is 6.74. The minimum atomic E-state index is -0.418. The van der Waals surface area contributed by atoms with Crippen LogP contribution < -0.4 is 5.32 Å². The van der Waals surface area contributed by atoms with Gasteiger partial charge >= 0.3 is 6.01 Å². The molecule has 0 saturated heterocycles. The van der Waals surface area contributed by atoms with E-state index in [9.17, 15) is 4.79 Å². The SMILES string of the molecule is Cc1noc(NC(=O)c2cc(Cl)cc(Cl)c2)n1. The first-order valence-corrected chi connectivity index (χ1v) is 5.38. The molecular weight excluding hydrogens is 265 g/mol. The number of carbonyl (C=O) groups is 1. The summed E-state index contributed by atoms with van der Waals surface area (Å²) in [6.45, 7) is 1.65. The lowest BCUT2D eigenvalue weighted by atomic mass is 10.2. The summed E-state index contributed by atoms with van der Waals surface area (Å²) in [6.07, 6.45) is 0. The summed E-state index contributed by atoms with van der Waals surface area (Å²) in [6, 6.07) is 4.55. The van der Waals surface area contributed by atoms with E-state index in [0.717, 1.165) is 0 Å². The summed E-state index contributed by atoms with van der Waals surface area (Å²) >= 11 is 11.6. The molecule has 1 N–H and O–H groups in total. The molecule has 0 bridgehead atoms. The zero-order valence-corrected chi connectivity index (χ0v) is 10.2. The molecule has 0 radical (unpaired) electrons. The first-order chi connectivity index (χ1) is 8.04. The van der Waals surface area contributed by atoms with Crippen LogP contribution in [0.2, 0.25) is 10.0 Å². The van der Waals surface area contributed by atoms with Gasteiger partial charge in [0.1, 0.15) is 0 Å². The maximum Gasteiger partial charge on any atom is 0.328 e. The summed E-state index contributed by atoms with van der Waals surface area (Å²) in [5.74, 6) is 0.0162. The highest BCUT2D eigenvalue weighted by atomic mass is 35.5. The number of rotatable bonds is 2. The third-order valence-electron chi connectivity index (χ3n) is 1.87. The summed E-state index contributed by atoms with van der Waals surface area (Å²) in [5.41, 5.74) is 0.318. The molecule has 88 valence electrons. The number of nitrogens with one attached hydrogen (secondary N) is 1. The van der Waals surface area contributed by atoms with Gasteiger partial charge in [0.15, 0.2) is 5.82 Å². The lowest BCUT2D eigenvalue weighted by Crippen LogP contribution is -2.12. The minimum Gasteiger partial charge on any atom is -0.315 e. The Morgan fingerprint density at radius 3 is 2.47 bits per heavy atom. The quantitative estimate of drug-likeness (QED) is 0.912. The van der Waals surface area contributed by atoms with Gasteiger partial charge in [0.25, 0.3) is 5.91 Å². The molecule has 7 heteroatoms. The average Bonchev–Trinajstić information content (AvgIpc) is 2.62. The van der Waals surface area contributed by atoms with Crippen molar-refractivity contribution in [3.05, 3.63) is 39.6 Å². The molecule has 0 fully saturated rings. The number of carbonyl (C=O) groups excluding carboxylic acids is 1. The number of amides is 1. The van der Waals surface area contributed by atoms with Gasteiger partial charge in [0.05, 0.1) is 0 Å². The first kappa shape index (κ1) is 11.9. The fourth-order valence-corrected chi connectivity index (χ4v) is 1.73. The van der Waals surface area contributed by atoms with Crippen molar-refractivity contribution in [2.45, 2.75) is 6.92 Å². The Bertz CT molecular complexity index is 548. The second-order valence-electron chi connectivity index (χ2n) is 3.26. The normalized spacial score (nSPS) is 10.3. The highest BCUT2D eigenvalue weighted by Crippen LogP contribution is 2.19. The lowest BCUT2D eigenvalue weighted by molar-refractivity contribution is 0.102. The Balaban J connectivity index is 2.19. The molecule has 0 saturated carbocycles. The molecule has 1 aromatic carbocycles. The van der Waals surface area contributed by atoms with Gasteiger partial charge in [-0.05, 0) is 25.1 Å². The van der Waals surface area contributed by atoms with Gasteiger partial charge in [-0.2, -0.15) is 4.98 Å². The van der Waals surface area contributed by atoms with Crippen molar-refractivity contribution in [2.24, 2.45) is 0 Å². The molecule has 1 amide bonds. The predicted octanol–water partition coefficient (Wildman–Crippen LogP) is 2.94. The third kappa shape index (κ3) is 2.95. The Morgan fingerprint density at radius 1 is 1.29 bits per heavy atom. The van der Waals surface area contributed by atoms with Crippen LogP contribution in [0.3, 0.4) is 0 Å². The molecule has 0 atom stereocenters. The third-order valence-corrected chi connectivity index (χ3v) is 2.31. The number of benzene rings is 1. The van der Waals surface area contributed by atoms with E-state index in [2.05, 4.69) is 15.5 Å². The van der Waals surface area contributed by atoms with Crippen LogP contribution in [-0.4, -0.2) is 16.0 Å². The van der Waals surface area contributed by atoms with Gasteiger partial charge < -0.3 is 4.52 Å². The largest absolute Gasteiger partial charge is 0.328 e. The molecule has 2 aromatic rings. The highest BCUT2D eigenvalue weighted by Gasteiger charge is 2.11. The molecule has 1 heterocycles. The van der Waals surface area contributed by atoms with Gasteiger partial charge in [0, 0.05) is 15.6 Å². The van der Waals surface area contributed by atoms with Gasteiger partial charge in [-0.15, -0.1) is 0 Å². The van der Waals surface area contributed by atoms with Crippen molar-refractivity contribution in [3.8, 4) is 0 Å². The zero-order chi connectivity index (χ0) is 12.4. The molecule has 0 aliphatic heterocycles. The number of aryl methyl sites for hydroxylation is 1. The van der Waals surface area contributed by atoms with E-state index >= 15 is 0 Å². The highest BCUT2D eigenvalue weighted by molar-refractivity contribution is 6.35. The Labute approximate surface area is 107 Å². The van der Waals surface area contributed by atoms with Crippen molar-refractivity contribution in [3.63, 3.8) is 0 Å². The average molecular weight is 272 g/mol. The van der Waals surface area contributed by atoms with Crippen LogP contribution in [0.4, 0.5) is 6.01 Å². The summed E-state index contributed by atoms with van der Waals surface area (Å²) < 4.78 is 4.76. The second kappa shape index (κ2) is 4.73. The fraction of sp³-hybridized carbons (Fsp3) is 0.100. The van der Waals surface area contributed by atoms with E-state index in [0.29, 0.717) is 21.4 Å². The van der Waals surface area contributed by atoms with Crippen LogP contribution in [0.1, 0.15) is 16.2 Å². The van der Waals surface area contributed by atoms with Crippen LogP contribution in [0.25, 0.3) is 0 Å². The second-order valence-corrected chi connectivity index (χ2v) is 4.13. The molecule has 0 aliphatic rings. The van der Waals surface area contributed by atoms with Crippen LogP contribution in [-0.2, 0) is 0 Å². The molecule has 1 aromatic heterocycles. The van der Waals surface area contributed by atoms with Gasteiger partial charge in [0.2, 0.25) is 0 Å². The van der Waals surface area contributed by atoms with E-state index in [-0.39, 0.29) is 6.01 Å². The van der Waals surface area contributed by atoms with Crippen LogP contribution in [0, 0.1) is 6.92 Å². The Kier molecular flexibility index (Phi) is 3.31. The van der Waals surface area contributed by atoms with E-state index < -0.39 is 5.91 Å². The fourth-order valence-electron chi connectivity index (χ4n) is 1.20. The smallest absolute Gasteiger partial charge is 0.315 e. The molecular formula is C10H7Cl2N3O2. The zero-order valence-electron chi connectivity index (χ0n) is 8.70. The van der Waals surface area contributed by atoms with E-state index in [4.69, 9.17) is 27.7 Å².